The number of amides is 2. The van der Waals surface area contributed by atoms with E-state index in [9.17, 15) is 19.9 Å². The molecule has 3 rings (SSSR count). The molecule has 136 valence electrons. The number of nitrogens with zero attached hydrogens (tertiary/aromatic N) is 2. The molecule has 0 aliphatic carbocycles. The summed E-state index contributed by atoms with van der Waals surface area (Å²) in [4.78, 5) is 26.2. The van der Waals surface area contributed by atoms with E-state index >= 15 is 0 Å². The topological polar surface area (TPSA) is 102 Å². The van der Waals surface area contributed by atoms with Gasteiger partial charge in [-0.3, -0.25) is 14.5 Å². The van der Waals surface area contributed by atoms with Gasteiger partial charge >= 0.3 is 0 Å². The van der Waals surface area contributed by atoms with Crippen molar-refractivity contribution >= 4 is 11.8 Å². The second kappa shape index (κ2) is 7.49. The summed E-state index contributed by atoms with van der Waals surface area (Å²) in [5.74, 6) is -0.359. The minimum atomic E-state index is -1.26. The fourth-order valence-electron chi connectivity index (χ4n) is 3.23. The highest BCUT2D eigenvalue weighted by molar-refractivity contribution is 6.21. The number of fused-ring (bicyclic) bond motifs is 1. The molecule has 0 aromatic heterocycles. The van der Waals surface area contributed by atoms with E-state index in [2.05, 4.69) is 5.32 Å². The molecule has 2 aliphatic heterocycles. The molecule has 0 spiro atoms. The summed E-state index contributed by atoms with van der Waals surface area (Å²) >= 11 is 0. The number of aliphatic hydroxyl groups is 1. The van der Waals surface area contributed by atoms with Crippen molar-refractivity contribution in [2.75, 3.05) is 26.7 Å². The van der Waals surface area contributed by atoms with E-state index in [1.54, 1.807) is 18.2 Å². The van der Waals surface area contributed by atoms with Gasteiger partial charge in [-0.2, -0.15) is 5.06 Å². The van der Waals surface area contributed by atoms with Crippen LogP contribution in [-0.2, 0) is 0 Å². The third-order valence-electron chi connectivity index (χ3n) is 4.61. The number of benzene rings is 1. The number of hydroxylamine groups is 2. The van der Waals surface area contributed by atoms with E-state index in [-0.39, 0.29) is 12.1 Å². The molecule has 0 radical (unpaired) electrons. The van der Waals surface area contributed by atoms with Gasteiger partial charge in [0.15, 0.2) is 0 Å². The predicted molar refractivity (Wildman–Crippen MR) is 88.5 cm³/mol. The Morgan fingerprint density at radius 1 is 1.24 bits per heavy atom. The van der Waals surface area contributed by atoms with Gasteiger partial charge in [0.1, 0.15) is 12.0 Å². The molecule has 8 nitrogen and oxygen atoms in total. The Labute approximate surface area is 145 Å². The number of ether oxygens (including phenoxy) is 1. The Morgan fingerprint density at radius 2 is 2.00 bits per heavy atom. The molecule has 8 heteroatoms. The molecule has 3 N–H and O–H groups in total. The molecule has 0 saturated carbocycles. The second-order valence-corrected chi connectivity index (χ2v) is 6.28. The molecule has 1 saturated heterocycles. The first kappa shape index (κ1) is 17.8. The zero-order valence-corrected chi connectivity index (χ0v) is 14.1. The van der Waals surface area contributed by atoms with E-state index in [0.29, 0.717) is 24.3 Å². The molecule has 2 unspecified atom stereocenters. The van der Waals surface area contributed by atoms with Crippen LogP contribution >= 0.6 is 0 Å². The fourth-order valence-corrected chi connectivity index (χ4v) is 3.23. The predicted octanol–water partition coefficient (Wildman–Crippen LogP) is 0.443. The maximum absolute atomic E-state index is 12.6. The molecule has 25 heavy (non-hydrogen) atoms. The van der Waals surface area contributed by atoms with Crippen LogP contribution in [-0.4, -0.2) is 71.1 Å². The summed E-state index contributed by atoms with van der Waals surface area (Å²) in [6.45, 7) is 1.66. The van der Waals surface area contributed by atoms with Gasteiger partial charge in [-0.15, -0.1) is 0 Å². The van der Waals surface area contributed by atoms with E-state index in [0.717, 1.165) is 29.3 Å². The molecular formula is C17H23N3O5. The number of unbranched alkanes of at least 4 members (excludes halogenated alkanes) is 1. The monoisotopic (exact) mass is 349 g/mol. The van der Waals surface area contributed by atoms with Crippen molar-refractivity contribution in [1.29, 1.82) is 0 Å². The van der Waals surface area contributed by atoms with Crippen LogP contribution in [0, 0.1) is 0 Å². The number of carbonyl (C=O) groups is 2. The zero-order chi connectivity index (χ0) is 18.0. The number of imide groups is 1. The number of nitrogens with one attached hydrogen (secondary N) is 1. The minimum absolute atomic E-state index is 0.209. The third-order valence-corrected chi connectivity index (χ3v) is 4.61. The zero-order valence-electron chi connectivity index (χ0n) is 14.1. The van der Waals surface area contributed by atoms with Gasteiger partial charge in [0.2, 0.25) is 0 Å². The molecule has 0 bridgehead atoms. The van der Waals surface area contributed by atoms with Crippen molar-refractivity contribution in [3.63, 3.8) is 0 Å². The van der Waals surface area contributed by atoms with Gasteiger partial charge in [0.25, 0.3) is 11.8 Å². The average molecular weight is 349 g/mol. The molecule has 2 amide bonds. The van der Waals surface area contributed by atoms with Crippen LogP contribution in [0.3, 0.4) is 0 Å². The Morgan fingerprint density at radius 3 is 2.68 bits per heavy atom. The van der Waals surface area contributed by atoms with Gasteiger partial charge in [-0.05, 0) is 51.1 Å². The molecule has 1 fully saturated rings. The van der Waals surface area contributed by atoms with Gasteiger partial charge < -0.3 is 20.4 Å². The highest BCUT2D eigenvalue weighted by Crippen LogP contribution is 2.32. The van der Waals surface area contributed by atoms with Crippen LogP contribution in [0.5, 0.6) is 5.75 Å². The molecule has 1 aromatic rings. The van der Waals surface area contributed by atoms with Crippen LogP contribution in [0.4, 0.5) is 0 Å². The SMILES string of the molecule is CNCCCCOc1ccc2c(c1)C(=O)N(C1CCN(O)C1O)C2=O. The Kier molecular flexibility index (Phi) is 5.33. The highest BCUT2D eigenvalue weighted by atomic mass is 16.5. The lowest BCUT2D eigenvalue weighted by atomic mass is 10.1. The molecule has 2 atom stereocenters. The highest BCUT2D eigenvalue weighted by Gasteiger charge is 2.46. The number of hydrogen-bond acceptors (Lipinski definition) is 7. The van der Waals surface area contributed by atoms with Gasteiger partial charge in [0.05, 0.1) is 23.8 Å². The minimum Gasteiger partial charge on any atom is -0.494 e. The van der Waals surface area contributed by atoms with Crippen molar-refractivity contribution < 1.29 is 24.6 Å². The molecule has 1 aromatic carbocycles. The van der Waals surface area contributed by atoms with E-state index in [1.807, 2.05) is 7.05 Å². The Bertz CT molecular complexity index is 666. The van der Waals surface area contributed by atoms with Gasteiger partial charge in [-0.25, -0.2) is 0 Å². The van der Waals surface area contributed by atoms with E-state index < -0.39 is 24.1 Å². The first-order valence-corrected chi connectivity index (χ1v) is 8.47. The van der Waals surface area contributed by atoms with Crippen molar-refractivity contribution in [3.8, 4) is 5.75 Å². The van der Waals surface area contributed by atoms with Crippen molar-refractivity contribution in [1.82, 2.24) is 15.3 Å². The summed E-state index contributed by atoms with van der Waals surface area (Å²) in [6, 6.07) is 4.08. The molecule has 2 heterocycles. The Hall–Kier alpha value is -2.00. The summed E-state index contributed by atoms with van der Waals surface area (Å²) in [5, 5.41) is 23.3. The lowest BCUT2D eigenvalue weighted by Crippen LogP contribution is -2.47. The molecular weight excluding hydrogens is 326 g/mol. The number of hydrogen-bond donors (Lipinski definition) is 3. The summed E-state index contributed by atoms with van der Waals surface area (Å²) in [7, 11) is 1.90. The maximum atomic E-state index is 12.6. The second-order valence-electron chi connectivity index (χ2n) is 6.28. The fraction of sp³-hybridized carbons (Fsp3) is 0.529. The quantitative estimate of drug-likeness (QED) is 0.485. The average Bonchev–Trinajstić information content (AvgIpc) is 3.05. The molecule has 2 aliphatic rings. The van der Waals surface area contributed by atoms with Crippen LogP contribution in [0.1, 0.15) is 40.0 Å². The van der Waals surface area contributed by atoms with Crippen molar-refractivity contribution in [3.05, 3.63) is 29.3 Å². The van der Waals surface area contributed by atoms with Gasteiger partial charge in [0, 0.05) is 6.54 Å². The van der Waals surface area contributed by atoms with Crippen LogP contribution < -0.4 is 10.1 Å². The first-order valence-electron chi connectivity index (χ1n) is 8.47. The standard InChI is InChI=1S/C17H23N3O5/c1-18-7-2-3-9-25-11-4-5-12-13(10-11)16(22)20(15(12)21)14-6-8-19(24)17(14)23/h4-5,10,14,17-18,23-24H,2-3,6-9H2,1H3. The summed E-state index contributed by atoms with van der Waals surface area (Å²) in [5.41, 5.74) is 0.581. The number of aliphatic hydroxyl groups excluding tert-OH is 1. The van der Waals surface area contributed by atoms with Crippen LogP contribution in [0.25, 0.3) is 0 Å². The normalized spacial score (nSPS) is 23.4. The van der Waals surface area contributed by atoms with Gasteiger partial charge in [-0.1, -0.05) is 0 Å². The van der Waals surface area contributed by atoms with Crippen molar-refractivity contribution in [2.24, 2.45) is 0 Å². The lowest BCUT2D eigenvalue weighted by molar-refractivity contribution is -0.179. The van der Waals surface area contributed by atoms with Crippen molar-refractivity contribution in [2.45, 2.75) is 31.5 Å². The van der Waals surface area contributed by atoms with Crippen LogP contribution in [0.15, 0.2) is 18.2 Å². The lowest BCUT2D eigenvalue weighted by Gasteiger charge is -2.25. The largest absolute Gasteiger partial charge is 0.494 e. The third kappa shape index (κ3) is 3.38. The van der Waals surface area contributed by atoms with E-state index in [1.165, 1.54) is 0 Å². The Balaban J connectivity index is 1.70. The van der Waals surface area contributed by atoms with Crippen LogP contribution in [0.2, 0.25) is 0 Å². The maximum Gasteiger partial charge on any atom is 0.262 e. The number of rotatable bonds is 7. The smallest absolute Gasteiger partial charge is 0.262 e. The first-order chi connectivity index (χ1) is 12.0. The summed E-state index contributed by atoms with van der Waals surface area (Å²) in [6.07, 6.45) is 0.949. The number of carbonyl (C=O) groups excluding carboxylic acids is 2. The summed E-state index contributed by atoms with van der Waals surface area (Å²) < 4.78 is 5.65. The van der Waals surface area contributed by atoms with E-state index in [4.69, 9.17) is 4.74 Å².